The zero-order valence-corrected chi connectivity index (χ0v) is 14.6. The molecule has 24 heavy (non-hydrogen) atoms. The maximum atomic E-state index is 13.9. The summed E-state index contributed by atoms with van der Waals surface area (Å²) in [4.78, 5) is 35.6. The minimum Gasteiger partial charge on any atom is -0.363 e. The van der Waals surface area contributed by atoms with Gasteiger partial charge in [0.05, 0.1) is 5.56 Å². The molecule has 2 rings (SSSR count). The Balaban J connectivity index is 2.26. The SMILES string of the molecule is NC(=O)C(=O)C(Cc1ccccc1)NC(=O)c1c(F)cccc1I. The lowest BCUT2D eigenvalue weighted by molar-refractivity contribution is -0.137. The van der Waals surface area contributed by atoms with Gasteiger partial charge in [-0.05, 0) is 40.3 Å². The second kappa shape index (κ2) is 8.00. The lowest BCUT2D eigenvalue weighted by atomic mass is 10.0. The van der Waals surface area contributed by atoms with Crippen LogP contribution in [0.1, 0.15) is 15.9 Å². The molecular weight excluding hydrogens is 426 g/mol. The van der Waals surface area contributed by atoms with Crippen LogP contribution in [0.2, 0.25) is 0 Å². The van der Waals surface area contributed by atoms with Crippen molar-refractivity contribution in [1.29, 1.82) is 0 Å². The Morgan fingerprint density at radius 3 is 2.33 bits per heavy atom. The Kier molecular flexibility index (Phi) is 6.02. The molecule has 0 spiro atoms. The fourth-order valence-electron chi connectivity index (χ4n) is 2.18. The standard InChI is InChI=1S/C17H14FIN2O3/c18-11-7-4-8-12(19)14(11)17(24)21-13(15(22)16(20)23)9-10-5-2-1-3-6-10/h1-8,13H,9H2,(H2,20,23)(H,21,24). The van der Waals surface area contributed by atoms with Gasteiger partial charge in [0.1, 0.15) is 11.9 Å². The van der Waals surface area contributed by atoms with E-state index in [0.717, 1.165) is 11.6 Å². The molecule has 1 atom stereocenters. The Bertz CT molecular complexity index is 760. The van der Waals surface area contributed by atoms with Gasteiger partial charge in [-0.3, -0.25) is 14.4 Å². The van der Waals surface area contributed by atoms with Crippen LogP contribution in [0.15, 0.2) is 48.5 Å². The predicted octanol–water partition coefficient (Wildman–Crippen LogP) is 1.83. The van der Waals surface area contributed by atoms with Crippen molar-refractivity contribution in [3.8, 4) is 0 Å². The number of nitrogens with two attached hydrogens (primary N) is 1. The highest BCUT2D eigenvalue weighted by Crippen LogP contribution is 2.16. The van der Waals surface area contributed by atoms with Gasteiger partial charge in [-0.1, -0.05) is 36.4 Å². The lowest BCUT2D eigenvalue weighted by Crippen LogP contribution is -2.47. The number of benzene rings is 2. The molecular formula is C17H14FIN2O3. The average Bonchev–Trinajstić information content (AvgIpc) is 2.54. The third kappa shape index (κ3) is 4.38. The molecule has 0 heterocycles. The first-order chi connectivity index (χ1) is 11.4. The molecule has 2 aromatic rings. The van der Waals surface area contributed by atoms with Gasteiger partial charge in [-0.2, -0.15) is 0 Å². The third-order valence-electron chi connectivity index (χ3n) is 3.34. The summed E-state index contributed by atoms with van der Waals surface area (Å²) in [6.45, 7) is 0. The average molecular weight is 440 g/mol. The van der Waals surface area contributed by atoms with Crippen LogP contribution in [0.5, 0.6) is 0 Å². The molecule has 7 heteroatoms. The van der Waals surface area contributed by atoms with Crippen LogP contribution in [-0.4, -0.2) is 23.6 Å². The molecule has 0 saturated heterocycles. The Labute approximate surface area is 151 Å². The highest BCUT2D eigenvalue weighted by Gasteiger charge is 2.27. The zero-order valence-electron chi connectivity index (χ0n) is 12.5. The zero-order chi connectivity index (χ0) is 17.7. The van der Waals surface area contributed by atoms with E-state index >= 15 is 0 Å². The fourth-order valence-corrected chi connectivity index (χ4v) is 2.89. The van der Waals surface area contributed by atoms with E-state index in [4.69, 9.17) is 5.73 Å². The van der Waals surface area contributed by atoms with E-state index in [-0.39, 0.29) is 12.0 Å². The van der Waals surface area contributed by atoms with Crippen molar-refractivity contribution in [2.45, 2.75) is 12.5 Å². The molecule has 2 aromatic carbocycles. The van der Waals surface area contributed by atoms with E-state index in [0.29, 0.717) is 3.57 Å². The van der Waals surface area contributed by atoms with Crippen LogP contribution in [-0.2, 0) is 16.0 Å². The molecule has 0 fully saturated rings. The third-order valence-corrected chi connectivity index (χ3v) is 4.24. The molecule has 0 saturated carbocycles. The van der Waals surface area contributed by atoms with Crippen LogP contribution >= 0.6 is 22.6 Å². The minimum absolute atomic E-state index is 0.0827. The molecule has 0 aliphatic carbocycles. The van der Waals surface area contributed by atoms with Crippen molar-refractivity contribution >= 4 is 40.2 Å². The molecule has 124 valence electrons. The summed E-state index contributed by atoms with van der Waals surface area (Å²) in [6.07, 6.45) is 0.0827. The number of Topliss-reactive ketones (excluding diaryl/α,β-unsaturated/α-hetero) is 1. The normalized spacial score (nSPS) is 11.6. The molecule has 0 aliphatic rings. The van der Waals surface area contributed by atoms with Gasteiger partial charge in [0, 0.05) is 9.99 Å². The monoisotopic (exact) mass is 440 g/mol. The molecule has 0 bridgehead atoms. The number of rotatable bonds is 6. The van der Waals surface area contributed by atoms with Gasteiger partial charge < -0.3 is 11.1 Å². The first-order valence-corrected chi connectivity index (χ1v) is 8.10. The van der Waals surface area contributed by atoms with Crippen LogP contribution in [0.3, 0.4) is 0 Å². The van der Waals surface area contributed by atoms with Gasteiger partial charge in [-0.15, -0.1) is 0 Å². The van der Waals surface area contributed by atoms with Crippen molar-refractivity contribution in [3.05, 3.63) is 69.0 Å². The number of hydrogen-bond acceptors (Lipinski definition) is 3. The number of carbonyl (C=O) groups excluding carboxylic acids is 3. The summed E-state index contributed by atoms with van der Waals surface area (Å²) in [7, 11) is 0. The van der Waals surface area contributed by atoms with Crippen LogP contribution in [0, 0.1) is 9.39 Å². The number of ketones is 1. The van der Waals surface area contributed by atoms with E-state index in [1.807, 2.05) is 22.6 Å². The van der Waals surface area contributed by atoms with E-state index < -0.39 is 29.5 Å². The molecule has 0 aromatic heterocycles. The Hall–Kier alpha value is -2.29. The maximum absolute atomic E-state index is 13.9. The van der Waals surface area contributed by atoms with Gasteiger partial charge in [-0.25, -0.2) is 4.39 Å². The second-order valence-electron chi connectivity index (χ2n) is 5.04. The van der Waals surface area contributed by atoms with Crippen molar-refractivity contribution in [2.24, 2.45) is 5.73 Å². The van der Waals surface area contributed by atoms with Gasteiger partial charge in [0.15, 0.2) is 0 Å². The Morgan fingerprint density at radius 2 is 1.75 bits per heavy atom. The highest BCUT2D eigenvalue weighted by molar-refractivity contribution is 14.1. The first kappa shape index (κ1) is 18.1. The summed E-state index contributed by atoms with van der Waals surface area (Å²) in [5.74, 6) is -3.56. The number of halogens is 2. The molecule has 3 N–H and O–H groups in total. The van der Waals surface area contributed by atoms with Crippen LogP contribution in [0.25, 0.3) is 0 Å². The quantitative estimate of drug-likeness (QED) is 0.531. The maximum Gasteiger partial charge on any atom is 0.287 e. The molecule has 0 aliphatic heterocycles. The number of nitrogens with one attached hydrogen (secondary N) is 1. The fraction of sp³-hybridized carbons (Fsp3) is 0.118. The number of amides is 2. The van der Waals surface area contributed by atoms with E-state index in [2.05, 4.69) is 5.32 Å². The topological polar surface area (TPSA) is 89.3 Å². The molecule has 1 unspecified atom stereocenters. The van der Waals surface area contributed by atoms with Crippen molar-refractivity contribution in [2.75, 3.05) is 0 Å². The molecule has 5 nitrogen and oxygen atoms in total. The van der Waals surface area contributed by atoms with Crippen molar-refractivity contribution < 1.29 is 18.8 Å². The van der Waals surface area contributed by atoms with Crippen LogP contribution in [0.4, 0.5) is 4.39 Å². The lowest BCUT2D eigenvalue weighted by Gasteiger charge is -2.17. The van der Waals surface area contributed by atoms with Crippen LogP contribution < -0.4 is 11.1 Å². The second-order valence-corrected chi connectivity index (χ2v) is 6.20. The summed E-state index contributed by atoms with van der Waals surface area (Å²) < 4.78 is 14.3. The van der Waals surface area contributed by atoms with Crippen molar-refractivity contribution in [1.82, 2.24) is 5.32 Å². The summed E-state index contributed by atoms with van der Waals surface area (Å²) >= 11 is 1.82. The van der Waals surface area contributed by atoms with E-state index in [9.17, 15) is 18.8 Å². The molecule has 2 amide bonds. The molecule has 0 radical (unpaired) electrons. The number of hydrogen-bond donors (Lipinski definition) is 2. The van der Waals surface area contributed by atoms with E-state index in [1.165, 1.54) is 6.07 Å². The largest absolute Gasteiger partial charge is 0.363 e. The predicted molar refractivity (Wildman–Crippen MR) is 94.7 cm³/mol. The summed E-state index contributed by atoms with van der Waals surface area (Å²) in [6, 6.07) is 11.9. The minimum atomic E-state index is -1.16. The van der Waals surface area contributed by atoms with Gasteiger partial charge >= 0.3 is 0 Å². The Morgan fingerprint density at radius 1 is 1.08 bits per heavy atom. The first-order valence-electron chi connectivity index (χ1n) is 7.02. The highest BCUT2D eigenvalue weighted by atomic mass is 127. The summed E-state index contributed by atoms with van der Waals surface area (Å²) in [5, 5.41) is 2.41. The number of carbonyl (C=O) groups is 3. The number of primary amides is 1. The smallest absolute Gasteiger partial charge is 0.287 e. The summed E-state index contributed by atoms with van der Waals surface area (Å²) in [5.41, 5.74) is 5.61. The van der Waals surface area contributed by atoms with E-state index in [1.54, 1.807) is 36.4 Å². The van der Waals surface area contributed by atoms with Gasteiger partial charge in [0.2, 0.25) is 5.78 Å². The van der Waals surface area contributed by atoms with Gasteiger partial charge in [0.25, 0.3) is 11.8 Å². The van der Waals surface area contributed by atoms with Crippen molar-refractivity contribution in [3.63, 3.8) is 0 Å².